The van der Waals surface area contributed by atoms with Crippen molar-refractivity contribution in [1.29, 1.82) is 0 Å². The first kappa shape index (κ1) is 93.0. The summed E-state index contributed by atoms with van der Waals surface area (Å²) in [6, 6.07) is 13.9. The molecule has 0 aliphatic rings. The summed E-state index contributed by atoms with van der Waals surface area (Å²) in [5.41, 5.74) is 0. The second kappa shape index (κ2) is 65.5. The average molecular weight is 1470 g/mol. The van der Waals surface area contributed by atoms with Gasteiger partial charge in [0.2, 0.25) is 0 Å². The molecule has 10 heteroatoms. The summed E-state index contributed by atoms with van der Waals surface area (Å²) in [6.07, 6.45) is 80.4. The number of ether oxygens (including phenoxy) is 6. The highest BCUT2D eigenvalue weighted by molar-refractivity contribution is 7.51. The summed E-state index contributed by atoms with van der Waals surface area (Å²) in [4.78, 5) is 18.3. The van der Waals surface area contributed by atoms with E-state index in [1.807, 2.05) is 0 Å². The minimum Gasteiger partial charge on any atom is -0.490 e. The van der Waals surface area contributed by atoms with Crippen molar-refractivity contribution in [3.05, 3.63) is 36.4 Å². The number of unbranched alkanes of at least 4 members (excludes halogenated alkanes) is 58. The van der Waals surface area contributed by atoms with Crippen LogP contribution in [0.5, 0.6) is 34.5 Å². The van der Waals surface area contributed by atoms with Crippen molar-refractivity contribution in [2.24, 2.45) is 0 Å². The van der Waals surface area contributed by atoms with Crippen molar-refractivity contribution in [2.75, 3.05) is 45.8 Å². The van der Waals surface area contributed by atoms with E-state index >= 15 is 0 Å². The van der Waals surface area contributed by atoms with Crippen LogP contribution in [0.25, 0.3) is 32.3 Å². The van der Waals surface area contributed by atoms with Gasteiger partial charge in [-0.25, -0.2) is 0 Å². The van der Waals surface area contributed by atoms with Gasteiger partial charge in [-0.1, -0.05) is 401 Å². The van der Waals surface area contributed by atoms with Crippen LogP contribution in [0, 0.1) is 0 Å². The van der Waals surface area contributed by atoms with Crippen LogP contribution >= 0.6 is 7.60 Å². The van der Waals surface area contributed by atoms with Gasteiger partial charge in [-0.05, 0) is 114 Å². The van der Waals surface area contributed by atoms with Crippen LogP contribution < -0.4 is 28.4 Å². The highest BCUT2D eigenvalue weighted by Gasteiger charge is 2.22. The SMILES string of the molecule is CCCCCCCCCCCCOc1cc2c3cc(OCCCCCCCCCCCC)c(OCCCCCCCCCCCC)cc3c3cc(OCCCCCCCCCCCCCCCCP(=O)(O)O)c(OCCCCCCCCCCCC)cc3c2cc1OCCCCCCCCCCCC. The molecule has 0 saturated heterocycles. The van der Waals surface area contributed by atoms with E-state index in [9.17, 15) is 4.57 Å². The lowest BCUT2D eigenvalue weighted by molar-refractivity contribution is 0.258. The van der Waals surface area contributed by atoms with Crippen molar-refractivity contribution < 1.29 is 42.8 Å². The zero-order valence-electron chi connectivity index (χ0n) is 68.9. The van der Waals surface area contributed by atoms with Crippen LogP contribution in [0.4, 0.5) is 0 Å². The molecular weight excluding hydrogens is 1300 g/mol. The third kappa shape index (κ3) is 46.2. The molecule has 0 heterocycles. The van der Waals surface area contributed by atoms with Gasteiger partial charge in [-0.2, -0.15) is 0 Å². The first-order valence-corrected chi connectivity index (χ1v) is 47.4. The monoisotopic (exact) mass is 1470 g/mol. The number of rotatable bonds is 78. The summed E-state index contributed by atoms with van der Waals surface area (Å²) in [7, 11) is -3.86. The molecule has 0 saturated carbocycles. The minimum absolute atomic E-state index is 0.0251. The Balaban J connectivity index is 1.72. The third-order valence-electron chi connectivity index (χ3n) is 22.0. The van der Waals surface area contributed by atoms with Crippen LogP contribution in [0.15, 0.2) is 36.4 Å². The van der Waals surface area contributed by atoms with Crippen LogP contribution in [0.1, 0.15) is 446 Å². The average Bonchev–Trinajstić information content (AvgIpc) is 0.727. The molecule has 0 aliphatic carbocycles. The van der Waals surface area contributed by atoms with E-state index < -0.39 is 7.60 Å². The molecule has 0 spiro atoms. The smallest absolute Gasteiger partial charge is 0.325 e. The van der Waals surface area contributed by atoms with Crippen molar-refractivity contribution in [2.45, 2.75) is 446 Å². The van der Waals surface area contributed by atoms with Gasteiger partial charge in [-0.15, -0.1) is 0 Å². The van der Waals surface area contributed by atoms with E-state index in [0.717, 1.165) is 125 Å². The molecule has 2 N–H and O–H groups in total. The summed E-state index contributed by atoms with van der Waals surface area (Å²) in [5.74, 6) is 5.01. The molecule has 600 valence electrons. The van der Waals surface area contributed by atoms with Gasteiger partial charge in [0.15, 0.2) is 34.5 Å². The Kier molecular flexibility index (Phi) is 58.6. The maximum Gasteiger partial charge on any atom is 0.325 e. The van der Waals surface area contributed by atoms with E-state index in [-0.39, 0.29) is 6.16 Å². The van der Waals surface area contributed by atoms with E-state index in [0.29, 0.717) is 46.1 Å². The number of fused-ring (bicyclic) bond motifs is 6. The van der Waals surface area contributed by atoms with E-state index in [1.54, 1.807) is 0 Å². The molecule has 0 aliphatic heterocycles. The van der Waals surface area contributed by atoms with Crippen molar-refractivity contribution in [3.63, 3.8) is 0 Å². The van der Waals surface area contributed by atoms with Crippen LogP contribution in [0.3, 0.4) is 0 Å². The minimum atomic E-state index is -3.86. The lowest BCUT2D eigenvalue weighted by atomic mass is 9.93. The van der Waals surface area contributed by atoms with E-state index in [2.05, 4.69) is 71.0 Å². The molecular formula is C94H165O9P. The van der Waals surface area contributed by atoms with Crippen LogP contribution in [-0.2, 0) is 4.57 Å². The van der Waals surface area contributed by atoms with Crippen LogP contribution in [0.2, 0.25) is 0 Å². The molecule has 104 heavy (non-hydrogen) atoms. The lowest BCUT2D eigenvalue weighted by Gasteiger charge is -2.21. The molecule has 0 radical (unpaired) electrons. The van der Waals surface area contributed by atoms with Gasteiger partial charge in [0.05, 0.1) is 39.6 Å². The van der Waals surface area contributed by atoms with E-state index in [1.165, 1.54) is 347 Å². The molecule has 0 amide bonds. The molecule has 0 bridgehead atoms. The molecule has 4 rings (SSSR count). The molecule has 4 aromatic carbocycles. The first-order chi connectivity index (χ1) is 51.2. The topological polar surface area (TPSA) is 113 Å². The quantitative estimate of drug-likeness (QED) is 0.0253. The predicted octanol–water partition coefficient (Wildman–Crippen LogP) is 31.7. The fraction of sp³-hybridized carbons (Fsp3) is 0.809. The molecule has 0 fully saturated rings. The second-order valence-electron chi connectivity index (χ2n) is 31.9. The molecule has 9 nitrogen and oxygen atoms in total. The summed E-state index contributed by atoms with van der Waals surface area (Å²) >= 11 is 0. The number of hydrogen-bond donors (Lipinski definition) is 2. The zero-order chi connectivity index (χ0) is 74.1. The Bertz CT molecular complexity index is 2600. The van der Waals surface area contributed by atoms with Gasteiger partial charge in [-0.3, -0.25) is 4.57 Å². The molecule has 0 aromatic heterocycles. The zero-order valence-corrected chi connectivity index (χ0v) is 69.8. The van der Waals surface area contributed by atoms with Crippen molar-refractivity contribution >= 4 is 39.9 Å². The molecule has 4 aromatic rings. The lowest BCUT2D eigenvalue weighted by Crippen LogP contribution is -2.05. The Morgan fingerprint density at radius 3 is 0.433 bits per heavy atom. The predicted molar refractivity (Wildman–Crippen MR) is 453 cm³/mol. The fourth-order valence-corrected chi connectivity index (χ4v) is 15.9. The number of benzene rings is 4. The van der Waals surface area contributed by atoms with Crippen molar-refractivity contribution in [1.82, 2.24) is 0 Å². The van der Waals surface area contributed by atoms with Gasteiger partial charge in [0, 0.05) is 6.16 Å². The first-order valence-electron chi connectivity index (χ1n) is 45.6. The summed E-state index contributed by atoms with van der Waals surface area (Å²) in [6.45, 7) is 15.5. The third-order valence-corrected chi connectivity index (χ3v) is 22.9. The molecule has 0 unspecified atom stereocenters. The van der Waals surface area contributed by atoms with Crippen molar-refractivity contribution in [3.8, 4) is 34.5 Å². The second-order valence-corrected chi connectivity index (χ2v) is 33.6. The van der Waals surface area contributed by atoms with Gasteiger partial charge >= 0.3 is 7.60 Å². The highest BCUT2D eigenvalue weighted by atomic mass is 31.2. The highest BCUT2D eigenvalue weighted by Crippen LogP contribution is 2.48. The largest absolute Gasteiger partial charge is 0.490 e. The molecule has 0 atom stereocenters. The maximum absolute atomic E-state index is 11.2. The summed E-state index contributed by atoms with van der Waals surface area (Å²) < 4.78 is 53.2. The Hall–Kier alpha value is -3.39. The van der Waals surface area contributed by atoms with Gasteiger partial charge in [0.25, 0.3) is 0 Å². The van der Waals surface area contributed by atoms with Gasteiger partial charge < -0.3 is 38.2 Å². The summed E-state index contributed by atoms with van der Waals surface area (Å²) in [5, 5.41) is 6.83. The van der Waals surface area contributed by atoms with Gasteiger partial charge in [0.1, 0.15) is 0 Å². The Morgan fingerprint density at radius 2 is 0.308 bits per heavy atom. The normalized spacial score (nSPS) is 11.9. The standard InChI is InChI=1S/C94H165O9P/c1-6-11-16-21-26-31-42-49-56-63-70-98-89-77-83-84-78-90(99-71-64-57-50-43-32-27-22-17-12-7-2)92(101-73-66-59-52-45-34-29-24-19-14-9-4)80-86(84)88-82-94(103-75-68-61-54-47-40-38-36-37-39-41-48-55-62-69-76-104(95,96)97)93(102-74-67-60-53-46-35-30-25-20-15-10-5)81-87(88)85(83)79-91(89)100-72-65-58-51-44-33-28-23-18-13-8-3/h77-82H,6-76H2,1-5H3,(H2,95,96,97). The Labute approximate surface area is 641 Å². The number of hydrogen-bond acceptors (Lipinski definition) is 7. The van der Waals surface area contributed by atoms with Crippen LogP contribution in [-0.4, -0.2) is 55.6 Å². The fourth-order valence-electron chi connectivity index (χ4n) is 15.3. The maximum atomic E-state index is 11.2. The van der Waals surface area contributed by atoms with E-state index in [4.69, 9.17) is 38.2 Å². The Morgan fingerprint density at radius 1 is 0.192 bits per heavy atom.